The molecule has 1 fully saturated rings. The van der Waals surface area contributed by atoms with Crippen LogP contribution in [0.3, 0.4) is 0 Å². The van der Waals surface area contributed by atoms with E-state index < -0.39 is 0 Å². The third-order valence-electron chi connectivity index (χ3n) is 4.75. The van der Waals surface area contributed by atoms with Gasteiger partial charge < -0.3 is 24.5 Å². The number of nitrogens with one attached hydrogen (secondary N) is 2. The number of nitrogens with zero attached hydrogens (tertiary/aromatic N) is 1. The van der Waals surface area contributed by atoms with E-state index in [4.69, 9.17) is 13.9 Å². The topological polar surface area (TPSA) is 68.0 Å². The molecule has 148 valence electrons. The Bertz CT molecular complexity index is 735. The Kier molecular flexibility index (Phi) is 7.54. The molecule has 6 heteroatoms. The molecule has 0 radical (unpaired) electrons. The highest BCUT2D eigenvalue weighted by Gasteiger charge is 2.15. The first kappa shape index (κ1) is 19.7. The minimum absolute atomic E-state index is 0.295. The highest BCUT2D eigenvalue weighted by molar-refractivity contribution is 5.82. The predicted octanol–water partition coefficient (Wildman–Crippen LogP) is 3.38. The summed E-state index contributed by atoms with van der Waals surface area (Å²) in [6.45, 7) is 8.62. The predicted molar refractivity (Wildman–Crippen MR) is 108 cm³/mol. The second-order valence-electron chi connectivity index (χ2n) is 6.83. The fraction of sp³-hybridized carbons (Fsp3) is 0.571. The van der Waals surface area contributed by atoms with E-state index in [2.05, 4.69) is 35.5 Å². The quantitative estimate of drug-likeness (QED) is 0.401. The Morgan fingerprint density at radius 2 is 2.19 bits per heavy atom. The van der Waals surface area contributed by atoms with Crippen LogP contribution >= 0.6 is 0 Å². The maximum Gasteiger partial charge on any atom is 0.191 e. The van der Waals surface area contributed by atoms with Crippen LogP contribution in [0, 0.1) is 6.92 Å². The number of aryl methyl sites for hydroxylation is 1. The van der Waals surface area contributed by atoms with Crippen molar-refractivity contribution in [2.75, 3.05) is 32.9 Å². The Balaban J connectivity index is 1.43. The summed E-state index contributed by atoms with van der Waals surface area (Å²) in [4.78, 5) is 4.66. The molecular weight excluding hydrogens is 342 g/mol. The molecule has 3 rings (SSSR count). The molecule has 6 nitrogen and oxygen atoms in total. The molecule has 0 aliphatic carbocycles. The van der Waals surface area contributed by atoms with Crippen LogP contribution in [-0.2, 0) is 16.0 Å². The number of para-hydroxylation sites is 1. The van der Waals surface area contributed by atoms with Gasteiger partial charge in [0.1, 0.15) is 17.9 Å². The molecule has 1 saturated heterocycles. The number of ether oxygens (including phenoxy) is 2. The highest BCUT2D eigenvalue weighted by atomic mass is 16.5. The zero-order valence-corrected chi connectivity index (χ0v) is 16.4. The zero-order valence-electron chi connectivity index (χ0n) is 16.4. The minimum Gasteiger partial charge on any atom is -0.459 e. The van der Waals surface area contributed by atoms with Crippen LogP contribution in [0.15, 0.2) is 33.7 Å². The van der Waals surface area contributed by atoms with Crippen molar-refractivity contribution in [2.45, 2.75) is 45.8 Å². The third-order valence-corrected chi connectivity index (χ3v) is 4.75. The summed E-state index contributed by atoms with van der Waals surface area (Å²) in [5.74, 6) is 1.71. The Morgan fingerprint density at radius 3 is 2.96 bits per heavy atom. The second-order valence-corrected chi connectivity index (χ2v) is 6.83. The molecule has 0 bridgehead atoms. The number of benzene rings is 1. The zero-order chi connectivity index (χ0) is 18.9. The normalized spacial score (nSPS) is 17.6. The van der Waals surface area contributed by atoms with Crippen LogP contribution in [0.5, 0.6) is 0 Å². The van der Waals surface area contributed by atoms with Gasteiger partial charge in [-0.3, -0.25) is 0 Å². The number of furan rings is 1. The van der Waals surface area contributed by atoms with Crippen LogP contribution < -0.4 is 10.6 Å². The first-order chi connectivity index (χ1) is 13.3. The van der Waals surface area contributed by atoms with E-state index in [1.807, 2.05) is 18.2 Å². The van der Waals surface area contributed by atoms with E-state index in [1.165, 1.54) is 0 Å². The monoisotopic (exact) mass is 373 g/mol. The van der Waals surface area contributed by atoms with Crippen LogP contribution in [0.2, 0.25) is 0 Å². The van der Waals surface area contributed by atoms with Crippen molar-refractivity contribution in [1.82, 2.24) is 10.6 Å². The van der Waals surface area contributed by atoms with Crippen LogP contribution in [0.25, 0.3) is 11.0 Å². The van der Waals surface area contributed by atoms with E-state index in [0.717, 1.165) is 73.8 Å². The lowest BCUT2D eigenvalue weighted by Crippen LogP contribution is -2.38. The standard InChI is InChI=1S/C21H31N3O3/c1-3-22-21(23-11-7-12-25-15-17-8-6-13-26-17)24-14-20-16(2)18-9-4-5-10-19(18)27-20/h4-5,9-10,17H,3,6-8,11-15H2,1-2H3,(H2,22,23,24). The van der Waals surface area contributed by atoms with E-state index in [-0.39, 0.29) is 0 Å². The Labute approximate surface area is 161 Å². The number of aliphatic imine (C=N–C) groups is 1. The fourth-order valence-corrected chi connectivity index (χ4v) is 3.24. The molecule has 0 saturated carbocycles. The summed E-state index contributed by atoms with van der Waals surface area (Å²) in [6, 6.07) is 8.10. The van der Waals surface area contributed by atoms with Crippen molar-refractivity contribution >= 4 is 16.9 Å². The number of guanidine groups is 1. The van der Waals surface area contributed by atoms with E-state index in [1.54, 1.807) is 0 Å². The van der Waals surface area contributed by atoms with Crippen LogP contribution in [-0.4, -0.2) is 45.0 Å². The largest absolute Gasteiger partial charge is 0.459 e. The van der Waals surface area contributed by atoms with Gasteiger partial charge in [0.15, 0.2) is 5.96 Å². The lowest BCUT2D eigenvalue weighted by atomic mass is 10.1. The molecule has 1 unspecified atom stereocenters. The number of rotatable bonds is 9. The minimum atomic E-state index is 0.295. The number of hydrogen-bond acceptors (Lipinski definition) is 4. The van der Waals surface area contributed by atoms with Crippen molar-refractivity contribution in [1.29, 1.82) is 0 Å². The van der Waals surface area contributed by atoms with Gasteiger partial charge in [-0.1, -0.05) is 18.2 Å². The summed E-state index contributed by atoms with van der Waals surface area (Å²) in [7, 11) is 0. The maximum absolute atomic E-state index is 5.94. The SMILES string of the molecule is CCNC(=NCc1oc2ccccc2c1C)NCCCOCC1CCCO1. The molecule has 1 aliphatic heterocycles. The van der Waals surface area contributed by atoms with Gasteiger partial charge in [-0.2, -0.15) is 0 Å². The van der Waals surface area contributed by atoms with Gasteiger partial charge in [0.05, 0.1) is 12.7 Å². The first-order valence-corrected chi connectivity index (χ1v) is 9.96. The van der Waals surface area contributed by atoms with E-state index >= 15 is 0 Å². The lowest BCUT2D eigenvalue weighted by molar-refractivity contribution is 0.0168. The van der Waals surface area contributed by atoms with Gasteiger partial charge in [0, 0.05) is 37.3 Å². The Hall–Kier alpha value is -2.05. The molecule has 1 aromatic heterocycles. The molecule has 2 N–H and O–H groups in total. The second kappa shape index (κ2) is 10.3. The van der Waals surface area contributed by atoms with Crippen molar-refractivity contribution in [3.63, 3.8) is 0 Å². The third kappa shape index (κ3) is 5.71. The van der Waals surface area contributed by atoms with Gasteiger partial charge in [-0.05, 0) is 39.2 Å². The molecule has 0 amide bonds. The average molecular weight is 373 g/mol. The molecule has 0 spiro atoms. The summed E-state index contributed by atoms with van der Waals surface area (Å²) < 4.78 is 17.2. The van der Waals surface area contributed by atoms with Gasteiger partial charge in [-0.15, -0.1) is 0 Å². The van der Waals surface area contributed by atoms with Crippen molar-refractivity contribution in [3.8, 4) is 0 Å². The van der Waals surface area contributed by atoms with Crippen LogP contribution in [0.4, 0.5) is 0 Å². The number of hydrogen-bond donors (Lipinski definition) is 2. The summed E-state index contributed by atoms with van der Waals surface area (Å²) in [5, 5.41) is 7.79. The molecule has 1 atom stereocenters. The van der Waals surface area contributed by atoms with Gasteiger partial charge >= 0.3 is 0 Å². The maximum atomic E-state index is 5.94. The van der Waals surface area contributed by atoms with Crippen LogP contribution in [0.1, 0.15) is 37.5 Å². The van der Waals surface area contributed by atoms with Crippen molar-refractivity contribution < 1.29 is 13.9 Å². The van der Waals surface area contributed by atoms with E-state index in [9.17, 15) is 0 Å². The van der Waals surface area contributed by atoms with Gasteiger partial charge in [-0.25, -0.2) is 4.99 Å². The molecule has 1 aliphatic rings. The molecule has 2 heterocycles. The smallest absolute Gasteiger partial charge is 0.191 e. The summed E-state index contributed by atoms with van der Waals surface area (Å²) in [5.41, 5.74) is 2.08. The lowest BCUT2D eigenvalue weighted by Gasteiger charge is -2.12. The van der Waals surface area contributed by atoms with Crippen molar-refractivity contribution in [3.05, 3.63) is 35.6 Å². The summed E-state index contributed by atoms with van der Waals surface area (Å²) >= 11 is 0. The average Bonchev–Trinajstić information content (AvgIpc) is 3.31. The molecular formula is C21H31N3O3. The van der Waals surface area contributed by atoms with Crippen molar-refractivity contribution in [2.24, 2.45) is 4.99 Å². The Morgan fingerprint density at radius 1 is 1.30 bits per heavy atom. The highest BCUT2D eigenvalue weighted by Crippen LogP contribution is 2.25. The van der Waals surface area contributed by atoms with E-state index in [0.29, 0.717) is 19.3 Å². The van der Waals surface area contributed by atoms with Gasteiger partial charge in [0.25, 0.3) is 0 Å². The molecule has 2 aromatic rings. The fourth-order valence-electron chi connectivity index (χ4n) is 3.24. The first-order valence-electron chi connectivity index (χ1n) is 9.96. The number of fused-ring (bicyclic) bond motifs is 1. The summed E-state index contributed by atoms with van der Waals surface area (Å²) in [6.07, 6.45) is 3.50. The molecule has 27 heavy (non-hydrogen) atoms. The van der Waals surface area contributed by atoms with Gasteiger partial charge in [0.2, 0.25) is 0 Å². The molecule has 1 aromatic carbocycles.